The molecule has 1 aromatic heterocycles. The second kappa shape index (κ2) is 10.6. The second-order valence-electron chi connectivity index (χ2n) is 6.03. The molecule has 0 aliphatic carbocycles. The summed E-state index contributed by atoms with van der Waals surface area (Å²) < 4.78 is 5.10. The first kappa shape index (κ1) is 20.8. The van der Waals surface area contributed by atoms with E-state index in [0.717, 1.165) is 24.8 Å². The first-order valence-corrected chi connectivity index (χ1v) is 9.41. The third-order valence-electron chi connectivity index (χ3n) is 3.92. The fraction of sp³-hybridized carbons (Fsp3) is 0.500. The summed E-state index contributed by atoms with van der Waals surface area (Å²) in [4.78, 5) is 25.2. The number of hydrogen-bond acceptors (Lipinski definition) is 6. The Balaban J connectivity index is 1.91. The maximum atomic E-state index is 12.3. The highest BCUT2D eigenvalue weighted by Gasteiger charge is 2.24. The molecular weight excluding hydrogens is 370 g/mol. The van der Waals surface area contributed by atoms with Crippen molar-refractivity contribution in [1.29, 1.82) is 0 Å². The number of aromatic nitrogens is 4. The molecule has 0 fully saturated rings. The van der Waals surface area contributed by atoms with Crippen LogP contribution in [0.1, 0.15) is 45.6 Å². The van der Waals surface area contributed by atoms with Gasteiger partial charge in [-0.25, -0.2) is 4.79 Å². The van der Waals surface area contributed by atoms with Crippen molar-refractivity contribution in [3.8, 4) is 11.4 Å². The third kappa shape index (κ3) is 6.32. The number of hydrogen-bond donors (Lipinski definition) is 1. The molecule has 1 atom stereocenters. The lowest BCUT2D eigenvalue weighted by molar-refractivity contribution is -0.152. The number of amides is 1. The summed E-state index contributed by atoms with van der Waals surface area (Å²) in [6, 6.07) is 6.24. The van der Waals surface area contributed by atoms with E-state index in [4.69, 9.17) is 16.3 Å². The maximum Gasteiger partial charge on any atom is 0.333 e. The van der Waals surface area contributed by atoms with Crippen molar-refractivity contribution in [3.63, 3.8) is 0 Å². The standard InChI is InChI=1S/C18H24ClN5O3/c1-3-5-6-11-20-16(25)12-27-18(26)15(4-2)24-22-17(21-23-24)13-7-9-14(19)10-8-13/h7-10,15H,3-6,11-12H2,1-2H3,(H,20,25). The summed E-state index contributed by atoms with van der Waals surface area (Å²) in [5.74, 6) is -0.504. The van der Waals surface area contributed by atoms with Crippen LogP contribution in [-0.4, -0.2) is 45.2 Å². The minimum absolute atomic E-state index is 0.317. The predicted molar refractivity (Wildman–Crippen MR) is 101 cm³/mol. The molecule has 0 bridgehead atoms. The Morgan fingerprint density at radius 2 is 1.96 bits per heavy atom. The van der Waals surface area contributed by atoms with E-state index in [0.29, 0.717) is 23.8 Å². The molecule has 0 saturated heterocycles. The zero-order chi connectivity index (χ0) is 19.6. The number of nitrogens with one attached hydrogen (secondary N) is 1. The molecule has 0 radical (unpaired) electrons. The van der Waals surface area contributed by atoms with E-state index in [1.807, 2.05) is 6.92 Å². The van der Waals surface area contributed by atoms with Crippen molar-refractivity contribution in [3.05, 3.63) is 29.3 Å². The average molecular weight is 394 g/mol. The van der Waals surface area contributed by atoms with Gasteiger partial charge in [0, 0.05) is 17.1 Å². The van der Waals surface area contributed by atoms with Gasteiger partial charge >= 0.3 is 5.97 Å². The van der Waals surface area contributed by atoms with Gasteiger partial charge in [0.1, 0.15) is 0 Å². The number of benzene rings is 1. The van der Waals surface area contributed by atoms with Crippen LogP contribution in [0.2, 0.25) is 5.02 Å². The highest BCUT2D eigenvalue weighted by molar-refractivity contribution is 6.30. The summed E-state index contributed by atoms with van der Waals surface area (Å²) in [6.45, 7) is 4.16. The molecule has 1 aromatic carbocycles. The molecular formula is C18H24ClN5O3. The van der Waals surface area contributed by atoms with Crippen LogP contribution in [-0.2, 0) is 14.3 Å². The molecule has 2 rings (SSSR count). The quantitative estimate of drug-likeness (QED) is 0.492. The Hall–Kier alpha value is -2.48. The normalized spacial score (nSPS) is 11.8. The fourth-order valence-corrected chi connectivity index (χ4v) is 2.51. The Kier molecular flexibility index (Phi) is 8.19. The van der Waals surface area contributed by atoms with Crippen LogP contribution in [0.25, 0.3) is 11.4 Å². The fourth-order valence-electron chi connectivity index (χ4n) is 2.38. The Morgan fingerprint density at radius 3 is 2.63 bits per heavy atom. The molecule has 27 heavy (non-hydrogen) atoms. The molecule has 1 N–H and O–H groups in total. The van der Waals surface area contributed by atoms with Crippen molar-refractivity contribution in [1.82, 2.24) is 25.5 Å². The van der Waals surface area contributed by atoms with Crippen molar-refractivity contribution in [2.24, 2.45) is 0 Å². The van der Waals surface area contributed by atoms with Crippen LogP contribution >= 0.6 is 11.6 Å². The van der Waals surface area contributed by atoms with Gasteiger partial charge in [0.05, 0.1) is 0 Å². The first-order valence-electron chi connectivity index (χ1n) is 9.04. The van der Waals surface area contributed by atoms with Crippen LogP contribution < -0.4 is 5.32 Å². The van der Waals surface area contributed by atoms with E-state index < -0.39 is 12.0 Å². The number of rotatable bonds is 10. The number of halogens is 1. The largest absolute Gasteiger partial charge is 0.454 e. The van der Waals surface area contributed by atoms with Crippen LogP contribution in [0.15, 0.2) is 24.3 Å². The van der Waals surface area contributed by atoms with E-state index >= 15 is 0 Å². The number of unbranched alkanes of at least 4 members (excludes halogenated alkanes) is 2. The Labute approximate surface area is 163 Å². The minimum atomic E-state index is -0.744. The van der Waals surface area contributed by atoms with Gasteiger partial charge in [0.25, 0.3) is 5.91 Å². The number of tetrazole rings is 1. The van der Waals surface area contributed by atoms with Crippen molar-refractivity contribution in [2.45, 2.75) is 45.6 Å². The number of ether oxygens (including phenoxy) is 1. The smallest absolute Gasteiger partial charge is 0.333 e. The summed E-state index contributed by atoms with van der Waals surface area (Å²) in [6.07, 6.45) is 3.44. The Morgan fingerprint density at radius 1 is 1.22 bits per heavy atom. The predicted octanol–water partition coefficient (Wildman–Crippen LogP) is 2.79. The van der Waals surface area contributed by atoms with E-state index in [-0.39, 0.29) is 12.5 Å². The van der Waals surface area contributed by atoms with Crippen LogP contribution in [0, 0.1) is 0 Å². The lowest BCUT2D eigenvalue weighted by Gasteiger charge is -2.12. The monoisotopic (exact) mass is 393 g/mol. The van der Waals surface area contributed by atoms with E-state index in [1.54, 1.807) is 24.3 Å². The molecule has 2 aromatic rings. The summed E-state index contributed by atoms with van der Waals surface area (Å²) >= 11 is 5.87. The lowest BCUT2D eigenvalue weighted by atomic mass is 10.2. The second-order valence-corrected chi connectivity index (χ2v) is 6.47. The zero-order valence-electron chi connectivity index (χ0n) is 15.5. The van der Waals surface area contributed by atoms with Gasteiger partial charge in [-0.05, 0) is 42.3 Å². The van der Waals surface area contributed by atoms with Gasteiger partial charge < -0.3 is 10.1 Å². The lowest BCUT2D eigenvalue weighted by Crippen LogP contribution is -2.32. The van der Waals surface area contributed by atoms with Crippen LogP contribution in [0.5, 0.6) is 0 Å². The molecule has 0 aliphatic rings. The van der Waals surface area contributed by atoms with E-state index in [9.17, 15) is 9.59 Å². The van der Waals surface area contributed by atoms with E-state index in [2.05, 4.69) is 27.7 Å². The van der Waals surface area contributed by atoms with Crippen LogP contribution in [0.4, 0.5) is 0 Å². The number of carbonyl (C=O) groups excluding carboxylic acids is 2. The number of carbonyl (C=O) groups is 2. The number of esters is 1. The summed E-state index contributed by atoms with van der Waals surface area (Å²) in [5.41, 5.74) is 0.736. The first-order chi connectivity index (χ1) is 13.0. The Bertz CT molecular complexity index is 748. The van der Waals surface area contributed by atoms with Crippen molar-refractivity contribution >= 4 is 23.5 Å². The highest BCUT2D eigenvalue weighted by Crippen LogP contribution is 2.18. The van der Waals surface area contributed by atoms with Gasteiger partial charge in [0.15, 0.2) is 12.6 Å². The molecule has 1 unspecified atom stereocenters. The maximum absolute atomic E-state index is 12.3. The molecule has 0 aliphatic heterocycles. The average Bonchev–Trinajstić information content (AvgIpc) is 3.14. The minimum Gasteiger partial charge on any atom is -0.454 e. The topological polar surface area (TPSA) is 99.0 Å². The summed E-state index contributed by atoms with van der Waals surface area (Å²) in [5, 5.41) is 15.5. The molecule has 1 heterocycles. The van der Waals surface area contributed by atoms with Gasteiger partial charge in [-0.1, -0.05) is 38.3 Å². The van der Waals surface area contributed by atoms with Gasteiger partial charge in [-0.3, -0.25) is 4.79 Å². The van der Waals surface area contributed by atoms with Crippen molar-refractivity contribution < 1.29 is 14.3 Å². The molecule has 0 spiro atoms. The zero-order valence-corrected chi connectivity index (χ0v) is 16.3. The SMILES string of the molecule is CCCCCNC(=O)COC(=O)C(CC)n1nnc(-c2ccc(Cl)cc2)n1. The van der Waals surface area contributed by atoms with Gasteiger partial charge in [-0.2, -0.15) is 0 Å². The third-order valence-corrected chi connectivity index (χ3v) is 4.17. The summed E-state index contributed by atoms with van der Waals surface area (Å²) in [7, 11) is 0. The number of nitrogens with zero attached hydrogens (tertiary/aromatic N) is 4. The molecule has 8 nitrogen and oxygen atoms in total. The molecule has 0 saturated carbocycles. The van der Waals surface area contributed by atoms with Gasteiger partial charge in [-0.15, -0.1) is 15.0 Å². The van der Waals surface area contributed by atoms with Gasteiger partial charge in [0.2, 0.25) is 5.82 Å². The molecule has 1 amide bonds. The van der Waals surface area contributed by atoms with E-state index in [1.165, 1.54) is 4.80 Å². The molecule has 9 heteroatoms. The highest BCUT2D eigenvalue weighted by atomic mass is 35.5. The molecule has 146 valence electrons. The van der Waals surface area contributed by atoms with Crippen molar-refractivity contribution in [2.75, 3.05) is 13.2 Å². The van der Waals surface area contributed by atoms with Crippen LogP contribution in [0.3, 0.4) is 0 Å².